The number of hydrogen-bond acceptors (Lipinski definition) is 3. The molecule has 1 atom stereocenters. The van der Waals surface area contributed by atoms with Gasteiger partial charge in [0.15, 0.2) is 0 Å². The quantitative estimate of drug-likeness (QED) is 0.913. The number of anilines is 1. The average molecular weight is 342 g/mol. The Morgan fingerprint density at radius 3 is 2.62 bits per heavy atom. The van der Waals surface area contributed by atoms with Crippen LogP contribution in [0.4, 0.5) is 5.69 Å². The van der Waals surface area contributed by atoms with E-state index in [1.807, 2.05) is 30.3 Å². The molecule has 1 saturated carbocycles. The minimum absolute atomic E-state index is 0.0811. The lowest BCUT2D eigenvalue weighted by molar-refractivity contribution is -0.137. The highest BCUT2D eigenvalue weighted by Gasteiger charge is 2.50. The van der Waals surface area contributed by atoms with E-state index in [4.69, 9.17) is 0 Å². The van der Waals surface area contributed by atoms with E-state index < -0.39 is 6.04 Å². The molecule has 1 aromatic rings. The Kier molecular flexibility index (Phi) is 3.71. The molecule has 2 heterocycles. The number of benzene rings is 1. The van der Waals surface area contributed by atoms with E-state index in [0.717, 1.165) is 10.7 Å². The van der Waals surface area contributed by atoms with Crippen molar-refractivity contribution in [2.45, 2.75) is 39.2 Å². The molecule has 3 aliphatic rings. The summed E-state index contributed by atoms with van der Waals surface area (Å²) in [5.41, 5.74) is 2.10. The van der Waals surface area contributed by atoms with E-state index in [1.54, 1.807) is 16.7 Å². The maximum absolute atomic E-state index is 12.7. The second-order valence-corrected chi connectivity index (χ2v) is 8.51. The van der Waals surface area contributed by atoms with Crippen LogP contribution in [0.5, 0.6) is 0 Å². The van der Waals surface area contributed by atoms with Crippen LogP contribution in [-0.2, 0) is 9.59 Å². The predicted molar refractivity (Wildman–Crippen MR) is 96.3 cm³/mol. The molecule has 0 spiro atoms. The van der Waals surface area contributed by atoms with E-state index in [1.165, 1.54) is 18.4 Å². The average Bonchev–Trinajstić information content (AvgIpc) is 3.24. The molecular formula is C19H22N2O2S. The topological polar surface area (TPSA) is 49.4 Å². The second kappa shape index (κ2) is 5.66. The van der Waals surface area contributed by atoms with Crippen molar-refractivity contribution in [1.29, 1.82) is 0 Å². The summed E-state index contributed by atoms with van der Waals surface area (Å²) in [5.74, 6) is 1.24. The molecule has 1 saturated heterocycles. The van der Waals surface area contributed by atoms with Gasteiger partial charge in [0, 0.05) is 17.9 Å². The van der Waals surface area contributed by atoms with Gasteiger partial charge >= 0.3 is 0 Å². The van der Waals surface area contributed by atoms with Crippen LogP contribution in [0.15, 0.2) is 40.9 Å². The van der Waals surface area contributed by atoms with Crippen molar-refractivity contribution in [2.24, 2.45) is 11.3 Å². The Morgan fingerprint density at radius 2 is 1.96 bits per heavy atom. The molecule has 2 aliphatic heterocycles. The molecule has 0 bridgehead atoms. The third-order valence-electron chi connectivity index (χ3n) is 5.06. The number of fused-ring (bicyclic) bond motifs is 1. The molecule has 24 heavy (non-hydrogen) atoms. The SMILES string of the molecule is CC1(C)CC(=O)N2C(=C1C1CC1)SC[C@H]2C(=O)Nc1ccccc1. The number of thioether (sulfide) groups is 1. The van der Waals surface area contributed by atoms with Gasteiger partial charge in [-0.15, -0.1) is 11.8 Å². The lowest BCUT2D eigenvalue weighted by atomic mass is 9.76. The summed E-state index contributed by atoms with van der Waals surface area (Å²) in [4.78, 5) is 27.3. The van der Waals surface area contributed by atoms with Crippen LogP contribution in [-0.4, -0.2) is 28.5 Å². The first kappa shape index (κ1) is 15.8. The van der Waals surface area contributed by atoms with Crippen molar-refractivity contribution in [2.75, 3.05) is 11.1 Å². The summed E-state index contributed by atoms with van der Waals surface area (Å²) in [7, 11) is 0. The van der Waals surface area contributed by atoms with Gasteiger partial charge in [0.1, 0.15) is 6.04 Å². The van der Waals surface area contributed by atoms with Crippen LogP contribution in [0.25, 0.3) is 0 Å². The van der Waals surface area contributed by atoms with Gasteiger partial charge in [-0.3, -0.25) is 14.5 Å². The number of nitrogens with one attached hydrogen (secondary N) is 1. The van der Waals surface area contributed by atoms with Gasteiger partial charge in [-0.1, -0.05) is 32.0 Å². The fourth-order valence-electron chi connectivity index (χ4n) is 3.83. The van der Waals surface area contributed by atoms with Crippen molar-refractivity contribution in [3.8, 4) is 0 Å². The molecule has 1 aliphatic carbocycles. The van der Waals surface area contributed by atoms with Crippen LogP contribution >= 0.6 is 11.8 Å². The van der Waals surface area contributed by atoms with Crippen molar-refractivity contribution >= 4 is 29.3 Å². The maximum Gasteiger partial charge on any atom is 0.248 e. The molecule has 2 amide bonds. The van der Waals surface area contributed by atoms with Gasteiger partial charge in [-0.05, 0) is 41.9 Å². The summed E-state index contributed by atoms with van der Waals surface area (Å²) in [6.07, 6.45) is 2.93. The number of carbonyl (C=O) groups is 2. The van der Waals surface area contributed by atoms with Gasteiger partial charge < -0.3 is 5.32 Å². The number of amides is 2. The zero-order chi connectivity index (χ0) is 16.9. The molecule has 5 heteroatoms. The standard InChI is InChI=1S/C19H22N2O2S/c1-19(2)10-15(22)21-14(11-24-18(21)16(19)12-8-9-12)17(23)20-13-6-4-3-5-7-13/h3-7,12,14H,8-11H2,1-2H3,(H,20,23)/t14-/m0/s1. The molecule has 126 valence electrons. The van der Waals surface area contributed by atoms with E-state index in [2.05, 4.69) is 19.2 Å². The van der Waals surface area contributed by atoms with Crippen LogP contribution in [0.1, 0.15) is 33.1 Å². The molecule has 0 aromatic heterocycles. The summed E-state index contributed by atoms with van der Waals surface area (Å²) in [6, 6.07) is 9.04. The minimum Gasteiger partial charge on any atom is -0.324 e. The Balaban J connectivity index is 1.63. The van der Waals surface area contributed by atoms with Crippen LogP contribution in [0, 0.1) is 11.3 Å². The van der Waals surface area contributed by atoms with Crippen molar-refractivity contribution in [1.82, 2.24) is 4.90 Å². The highest BCUT2D eigenvalue weighted by molar-refractivity contribution is 8.03. The Bertz CT molecular complexity index is 722. The number of hydrogen-bond donors (Lipinski definition) is 1. The normalized spacial score (nSPS) is 25.7. The summed E-state index contributed by atoms with van der Waals surface area (Å²) < 4.78 is 0. The lowest BCUT2D eigenvalue weighted by Crippen LogP contribution is -2.48. The number of carbonyl (C=O) groups excluding carboxylic acids is 2. The molecule has 0 unspecified atom stereocenters. The number of rotatable bonds is 3. The Morgan fingerprint density at radius 1 is 1.25 bits per heavy atom. The predicted octanol–water partition coefficient (Wildman–Crippen LogP) is 3.62. The van der Waals surface area contributed by atoms with E-state index in [-0.39, 0.29) is 17.2 Å². The van der Waals surface area contributed by atoms with E-state index in [0.29, 0.717) is 18.1 Å². The molecule has 4 rings (SSSR count). The minimum atomic E-state index is -0.400. The zero-order valence-electron chi connectivity index (χ0n) is 14.0. The Hall–Kier alpha value is -1.75. The van der Waals surface area contributed by atoms with E-state index in [9.17, 15) is 9.59 Å². The van der Waals surface area contributed by atoms with Gasteiger partial charge in [-0.25, -0.2) is 0 Å². The highest BCUT2D eigenvalue weighted by Crippen LogP contribution is 2.55. The highest BCUT2D eigenvalue weighted by atomic mass is 32.2. The second-order valence-electron chi connectivity index (χ2n) is 7.50. The molecule has 1 N–H and O–H groups in total. The molecule has 0 radical (unpaired) electrons. The first-order chi connectivity index (χ1) is 11.5. The van der Waals surface area contributed by atoms with Crippen LogP contribution in [0.2, 0.25) is 0 Å². The van der Waals surface area contributed by atoms with Crippen LogP contribution in [0.3, 0.4) is 0 Å². The lowest BCUT2D eigenvalue weighted by Gasteiger charge is -2.39. The van der Waals surface area contributed by atoms with Gasteiger partial charge in [0.05, 0.1) is 5.03 Å². The summed E-state index contributed by atoms with van der Waals surface area (Å²) in [6.45, 7) is 4.33. The number of nitrogens with zero attached hydrogens (tertiary/aromatic N) is 1. The molecule has 4 nitrogen and oxygen atoms in total. The first-order valence-electron chi connectivity index (χ1n) is 8.53. The van der Waals surface area contributed by atoms with Crippen molar-refractivity contribution < 1.29 is 9.59 Å². The third kappa shape index (κ3) is 2.65. The van der Waals surface area contributed by atoms with E-state index >= 15 is 0 Å². The number of allylic oxidation sites excluding steroid dienone is 1. The summed E-state index contributed by atoms with van der Waals surface area (Å²) >= 11 is 1.68. The largest absolute Gasteiger partial charge is 0.324 e. The van der Waals surface area contributed by atoms with Crippen LogP contribution < -0.4 is 5.32 Å². The third-order valence-corrected chi connectivity index (χ3v) is 6.23. The van der Waals surface area contributed by atoms with Gasteiger partial charge in [-0.2, -0.15) is 0 Å². The Labute approximate surface area is 146 Å². The molecule has 2 fully saturated rings. The fraction of sp³-hybridized carbons (Fsp3) is 0.474. The molecular weight excluding hydrogens is 320 g/mol. The van der Waals surface area contributed by atoms with Gasteiger partial charge in [0.25, 0.3) is 0 Å². The van der Waals surface area contributed by atoms with Gasteiger partial charge in [0.2, 0.25) is 11.8 Å². The van der Waals surface area contributed by atoms with Crippen molar-refractivity contribution in [3.63, 3.8) is 0 Å². The molecule has 1 aromatic carbocycles. The maximum atomic E-state index is 12.7. The smallest absolute Gasteiger partial charge is 0.248 e. The summed E-state index contributed by atoms with van der Waals surface area (Å²) in [5, 5.41) is 4.01. The first-order valence-corrected chi connectivity index (χ1v) is 9.51. The fourth-order valence-corrected chi connectivity index (χ4v) is 5.41. The zero-order valence-corrected chi connectivity index (χ0v) is 14.9. The number of para-hydroxylation sites is 1. The van der Waals surface area contributed by atoms with Crippen molar-refractivity contribution in [3.05, 3.63) is 40.9 Å². The monoisotopic (exact) mass is 342 g/mol.